The summed E-state index contributed by atoms with van der Waals surface area (Å²) in [4.78, 5) is 4.78. The van der Waals surface area contributed by atoms with Crippen LogP contribution in [-0.4, -0.2) is 43.9 Å². The molecule has 0 spiro atoms. The van der Waals surface area contributed by atoms with Crippen LogP contribution in [0, 0.1) is 11.8 Å². The van der Waals surface area contributed by atoms with Gasteiger partial charge in [0.25, 0.3) is 0 Å². The molecule has 0 bridgehead atoms. The maximum Gasteiger partial charge on any atom is 0.191 e. The standard InChI is InChI=1S/C22H37N3O2/c1-3-9-18(13-14-26)16-24-22(23-4-2)25-17-20-12-8-15-27-21(20)19-10-6-5-7-11-19/h5-7,10-11,18,20-21,26H,3-4,8-9,12-17H2,1-2H3,(H2,23,24,25). The molecule has 0 aliphatic carbocycles. The first-order valence-electron chi connectivity index (χ1n) is 10.6. The fourth-order valence-electron chi connectivity index (χ4n) is 3.77. The van der Waals surface area contributed by atoms with Crippen LogP contribution in [0.15, 0.2) is 35.3 Å². The van der Waals surface area contributed by atoms with Gasteiger partial charge in [0.05, 0.1) is 6.10 Å². The van der Waals surface area contributed by atoms with E-state index >= 15 is 0 Å². The monoisotopic (exact) mass is 375 g/mol. The lowest BCUT2D eigenvalue weighted by Gasteiger charge is -2.32. The molecule has 2 rings (SSSR count). The van der Waals surface area contributed by atoms with Gasteiger partial charge in [-0.1, -0.05) is 43.7 Å². The Hall–Kier alpha value is -1.59. The molecule has 5 nitrogen and oxygen atoms in total. The van der Waals surface area contributed by atoms with E-state index in [1.807, 2.05) is 0 Å². The fourth-order valence-corrected chi connectivity index (χ4v) is 3.77. The molecule has 3 N–H and O–H groups in total. The third-order valence-corrected chi connectivity index (χ3v) is 5.19. The molecule has 1 aromatic rings. The number of aliphatic hydroxyl groups excluding tert-OH is 1. The number of aliphatic imine (C=N–C) groups is 1. The molecule has 1 aliphatic rings. The molecular formula is C22H37N3O2. The Labute approximate surface area is 164 Å². The first-order chi connectivity index (χ1) is 13.3. The SMILES string of the molecule is CCCC(CCO)CN=C(NCC)NCC1CCCOC1c1ccccc1. The highest BCUT2D eigenvalue weighted by Gasteiger charge is 2.27. The average molecular weight is 376 g/mol. The Morgan fingerprint density at radius 2 is 2.04 bits per heavy atom. The van der Waals surface area contributed by atoms with Gasteiger partial charge in [0, 0.05) is 38.8 Å². The molecule has 0 radical (unpaired) electrons. The fraction of sp³-hybridized carbons (Fsp3) is 0.682. The summed E-state index contributed by atoms with van der Waals surface area (Å²) in [5.74, 6) is 1.76. The molecule has 0 saturated carbocycles. The third kappa shape index (κ3) is 7.51. The second kappa shape index (κ2) is 12.7. The van der Waals surface area contributed by atoms with E-state index in [1.54, 1.807) is 0 Å². The number of hydrogen-bond acceptors (Lipinski definition) is 3. The van der Waals surface area contributed by atoms with Crippen molar-refractivity contribution in [2.75, 3.05) is 32.8 Å². The van der Waals surface area contributed by atoms with Gasteiger partial charge in [0.1, 0.15) is 0 Å². The van der Waals surface area contributed by atoms with E-state index in [4.69, 9.17) is 9.73 Å². The molecule has 1 saturated heterocycles. The van der Waals surface area contributed by atoms with Gasteiger partial charge >= 0.3 is 0 Å². The van der Waals surface area contributed by atoms with Crippen LogP contribution in [0.25, 0.3) is 0 Å². The molecule has 152 valence electrons. The Morgan fingerprint density at radius 1 is 1.22 bits per heavy atom. The number of ether oxygens (including phenoxy) is 1. The average Bonchev–Trinajstić information content (AvgIpc) is 2.71. The molecule has 1 aliphatic heterocycles. The number of guanidine groups is 1. The van der Waals surface area contributed by atoms with Crippen molar-refractivity contribution in [3.8, 4) is 0 Å². The maximum absolute atomic E-state index is 9.25. The topological polar surface area (TPSA) is 65.9 Å². The minimum atomic E-state index is 0.151. The van der Waals surface area contributed by atoms with Crippen LogP contribution in [0.1, 0.15) is 57.6 Å². The quantitative estimate of drug-likeness (QED) is 0.432. The van der Waals surface area contributed by atoms with Crippen molar-refractivity contribution in [1.29, 1.82) is 0 Å². The van der Waals surface area contributed by atoms with Crippen molar-refractivity contribution in [2.24, 2.45) is 16.8 Å². The number of nitrogens with zero attached hydrogens (tertiary/aromatic N) is 1. The van der Waals surface area contributed by atoms with Gasteiger partial charge in [0.15, 0.2) is 5.96 Å². The molecule has 0 aromatic heterocycles. The number of benzene rings is 1. The summed E-state index contributed by atoms with van der Waals surface area (Å²) in [7, 11) is 0. The lowest BCUT2D eigenvalue weighted by molar-refractivity contribution is -0.0265. The maximum atomic E-state index is 9.25. The normalized spacial score (nSPS) is 21.7. The zero-order valence-corrected chi connectivity index (χ0v) is 17.0. The van der Waals surface area contributed by atoms with Gasteiger partial charge in [0.2, 0.25) is 0 Å². The zero-order chi connectivity index (χ0) is 19.3. The van der Waals surface area contributed by atoms with Crippen LogP contribution in [0.2, 0.25) is 0 Å². The molecule has 3 atom stereocenters. The molecule has 0 amide bonds. The van der Waals surface area contributed by atoms with Crippen LogP contribution in [0.4, 0.5) is 0 Å². The van der Waals surface area contributed by atoms with Crippen LogP contribution >= 0.6 is 0 Å². The summed E-state index contributed by atoms with van der Waals surface area (Å²) in [6.07, 6.45) is 5.48. The first kappa shape index (κ1) is 21.7. The van der Waals surface area contributed by atoms with Crippen molar-refractivity contribution in [3.05, 3.63) is 35.9 Å². The minimum absolute atomic E-state index is 0.151. The van der Waals surface area contributed by atoms with Gasteiger partial charge in [-0.05, 0) is 44.1 Å². The molecular weight excluding hydrogens is 338 g/mol. The predicted octanol–water partition coefficient (Wildman–Crippen LogP) is 3.51. The summed E-state index contributed by atoms with van der Waals surface area (Å²) < 4.78 is 6.10. The predicted molar refractivity (Wildman–Crippen MR) is 112 cm³/mol. The van der Waals surface area contributed by atoms with E-state index in [0.29, 0.717) is 11.8 Å². The van der Waals surface area contributed by atoms with Gasteiger partial charge in [-0.2, -0.15) is 0 Å². The molecule has 5 heteroatoms. The lowest BCUT2D eigenvalue weighted by atomic mass is 9.89. The molecule has 1 fully saturated rings. The second-order valence-electron chi connectivity index (χ2n) is 7.37. The Morgan fingerprint density at radius 3 is 2.74 bits per heavy atom. The Balaban J connectivity index is 1.95. The van der Waals surface area contributed by atoms with Crippen molar-refractivity contribution >= 4 is 5.96 Å². The van der Waals surface area contributed by atoms with Gasteiger partial charge in [-0.3, -0.25) is 4.99 Å². The van der Waals surface area contributed by atoms with Gasteiger partial charge < -0.3 is 20.5 Å². The van der Waals surface area contributed by atoms with Crippen LogP contribution in [0.5, 0.6) is 0 Å². The smallest absolute Gasteiger partial charge is 0.191 e. The summed E-state index contributed by atoms with van der Waals surface area (Å²) in [5, 5.41) is 16.1. The number of hydrogen-bond donors (Lipinski definition) is 3. The van der Waals surface area contributed by atoms with E-state index in [-0.39, 0.29) is 12.7 Å². The number of rotatable bonds is 10. The highest BCUT2D eigenvalue weighted by molar-refractivity contribution is 5.79. The summed E-state index contributed by atoms with van der Waals surface area (Å²) >= 11 is 0. The summed E-state index contributed by atoms with van der Waals surface area (Å²) in [6, 6.07) is 10.5. The molecule has 1 heterocycles. The molecule has 27 heavy (non-hydrogen) atoms. The van der Waals surface area contributed by atoms with Crippen molar-refractivity contribution in [3.63, 3.8) is 0 Å². The van der Waals surface area contributed by atoms with Crippen LogP contribution in [-0.2, 0) is 4.74 Å². The molecule has 3 unspecified atom stereocenters. The van der Waals surface area contributed by atoms with E-state index in [9.17, 15) is 5.11 Å². The third-order valence-electron chi connectivity index (χ3n) is 5.19. The molecule has 1 aromatic carbocycles. The highest BCUT2D eigenvalue weighted by Crippen LogP contribution is 2.33. The largest absolute Gasteiger partial charge is 0.396 e. The van der Waals surface area contributed by atoms with Crippen molar-refractivity contribution in [2.45, 2.75) is 52.1 Å². The van der Waals surface area contributed by atoms with E-state index < -0.39 is 0 Å². The Bertz CT molecular complexity index is 530. The second-order valence-corrected chi connectivity index (χ2v) is 7.37. The minimum Gasteiger partial charge on any atom is -0.396 e. The van der Waals surface area contributed by atoms with Gasteiger partial charge in [-0.15, -0.1) is 0 Å². The number of aliphatic hydroxyl groups is 1. The van der Waals surface area contributed by atoms with E-state index in [1.165, 1.54) is 5.56 Å². The summed E-state index contributed by atoms with van der Waals surface area (Å²) in [6.45, 7) is 7.80. The Kier molecular flexibility index (Phi) is 10.2. The highest BCUT2D eigenvalue weighted by atomic mass is 16.5. The number of nitrogens with one attached hydrogen (secondary N) is 2. The van der Waals surface area contributed by atoms with Crippen LogP contribution < -0.4 is 10.6 Å². The summed E-state index contributed by atoms with van der Waals surface area (Å²) in [5.41, 5.74) is 1.26. The van der Waals surface area contributed by atoms with E-state index in [0.717, 1.165) is 64.3 Å². The van der Waals surface area contributed by atoms with Gasteiger partial charge in [-0.25, -0.2) is 0 Å². The zero-order valence-electron chi connectivity index (χ0n) is 17.0. The lowest BCUT2D eigenvalue weighted by Crippen LogP contribution is -2.42. The van der Waals surface area contributed by atoms with Crippen molar-refractivity contribution in [1.82, 2.24) is 10.6 Å². The van der Waals surface area contributed by atoms with Crippen molar-refractivity contribution < 1.29 is 9.84 Å². The van der Waals surface area contributed by atoms with E-state index in [2.05, 4.69) is 54.8 Å². The first-order valence-corrected chi connectivity index (χ1v) is 10.6. The van der Waals surface area contributed by atoms with Crippen LogP contribution in [0.3, 0.4) is 0 Å².